The Bertz CT molecular complexity index is 546. The summed E-state index contributed by atoms with van der Waals surface area (Å²) in [5, 5.41) is 7.34. The lowest BCUT2D eigenvalue weighted by Crippen LogP contribution is -1.78. The summed E-state index contributed by atoms with van der Waals surface area (Å²) in [6, 6.07) is 16.1. The van der Waals surface area contributed by atoms with E-state index in [9.17, 15) is 0 Å². The number of hydrogen-bond acceptors (Lipinski definition) is 2. The molecule has 1 aromatic carbocycles. The van der Waals surface area contributed by atoms with Crippen molar-refractivity contribution in [3.63, 3.8) is 0 Å². The first-order valence-corrected chi connectivity index (χ1v) is 5.45. The van der Waals surface area contributed by atoms with Crippen molar-refractivity contribution in [2.45, 2.75) is 0 Å². The van der Waals surface area contributed by atoms with Crippen molar-refractivity contribution in [1.82, 2.24) is 15.2 Å². The number of aromatic nitrogens is 3. The lowest BCUT2D eigenvalue weighted by molar-refractivity contribution is 1.10. The maximum atomic E-state index is 4.30. The zero-order valence-electron chi connectivity index (χ0n) is 9.17. The minimum absolute atomic E-state index is 0.914. The number of hydrogen-bond donors (Lipinski definition) is 1. The zero-order chi connectivity index (χ0) is 11.5. The average molecular weight is 221 g/mol. The monoisotopic (exact) mass is 221 g/mol. The molecule has 3 heteroatoms. The van der Waals surface area contributed by atoms with Crippen LogP contribution in [-0.4, -0.2) is 15.2 Å². The molecule has 0 spiro atoms. The van der Waals surface area contributed by atoms with Crippen LogP contribution in [0.2, 0.25) is 0 Å². The van der Waals surface area contributed by atoms with Gasteiger partial charge in [0.1, 0.15) is 0 Å². The standard InChI is InChI=1S/C14H11N3/c1-2-5-11(6-3-1)13-9-14(17-16-13)12-7-4-8-15-10-12/h1-10H,(H,16,17). The maximum absolute atomic E-state index is 4.30. The number of nitrogens with one attached hydrogen (secondary N) is 1. The van der Waals surface area contributed by atoms with E-state index in [0.29, 0.717) is 0 Å². The van der Waals surface area contributed by atoms with Gasteiger partial charge in [-0.1, -0.05) is 30.3 Å². The van der Waals surface area contributed by atoms with Gasteiger partial charge in [-0.3, -0.25) is 10.1 Å². The van der Waals surface area contributed by atoms with Gasteiger partial charge in [0.05, 0.1) is 11.4 Å². The summed E-state index contributed by atoms with van der Waals surface area (Å²) in [4.78, 5) is 4.09. The Kier molecular flexibility index (Phi) is 2.43. The molecule has 0 saturated heterocycles. The highest BCUT2D eigenvalue weighted by Crippen LogP contribution is 2.22. The summed E-state index contributed by atoms with van der Waals surface area (Å²) >= 11 is 0. The van der Waals surface area contributed by atoms with Gasteiger partial charge < -0.3 is 0 Å². The van der Waals surface area contributed by atoms with Crippen LogP contribution in [0.25, 0.3) is 22.5 Å². The van der Waals surface area contributed by atoms with Crippen LogP contribution in [0.5, 0.6) is 0 Å². The summed E-state index contributed by atoms with van der Waals surface area (Å²) in [6.07, 6.45) is 3.57. The van der Waals surface area contributed by atoms with E-state index in [-0.39, 0.29) is 0 Å². The Morgan fingerprint density at radius 2 is 1.71 bits per heavy atom. The molecule has 0 bridgehead atoms. The number of benzene rings is 1. The molecule has 3 rings (SSSR count). The average Bonchev–Trinajstić information content (AvgIpc) is 2.90. The molecule has 82 valence electrons. The Labute approximate surface area is 99.2 Å². The summed E-state index contributed by atoms with van der Waals surface area (Å²) in [5.74, 6) is 0. The summed E-state index contributed by atoms with van der Waals surface area (Å²) < 4.78 is 0. The normalized spacial score (nSPS) is 10.4. The molecule has 2 heterocycles. The van der Waals surface area contributed by atoms with E-state index in [0.717, 1.165) is 22.5 Å². The molecule has 3 aromatic rings. The van der Waals surface area contributed by atoms with Crippen LogP contribution >= 0.6 is 0 Å². The minimum atomic E-state index is 0.914. The fraction of sp³-hybridized carbons (Fsp3) is 0. The smallest absolute Gasteiger partial charge is 0.0942 e. The molecule has 0 saturated carbocycles. The highest BCUT2D eigenvalue weighted by atomic mass is 15.1. The predicted octanol–water partition coefficient (Wildman–Crippen LogP) is 3.14. The van der Waals surface area contributed by atoms with Crippen LogP contribution in [0.1, 0.15) is 0 Å². The van der Waals surface area contributed by atoms with E-state index in [4.69, 9.17) is 0 Å². The summed E-state index contributed by atoms with van der Waals surface area (Å²) in [7, 11) is 0. The van der Waals surface area contributed by atoms with Crippen LogP contribution in [-0.2, 0) is 0 Å². The highest BCUT2D eigenvalue weighted by molar-refractivity contribution is 5.67. The second kappa shape index (κ2) is 4.22. The summed E-state index contributed by atoms with van der Waals surface area (Å²) in [6.45, 7) is 0. The van der Waals surface area contributed by atoms with E-state index in [1.165, 1.54) is 0 Å². The van der Waals surface area contributed by atoms with Gasteiger partial charge in [-0.15, -0.1) is 0 Å². The van der Waals surface area contributed by atoms with Crippen molar-refractivity contribution in [2.24, 2.45) is 0 Å². The molecule has 0 fully saturated rings. The van der Waals surface area contributed by atoms with Gasteiger partial charge in [0.25, 0.3) is 0 Å². The van der Waals surface area contributed by atoms with Gasteiger partial charge in [-0.2, -0.15) is 5.10 Å². The van der Waals surface area contributed by atoms with Crippen molar-refractivity contribution < 1.29 is 0 Å². The summed E-state index contributed by atoms with van der Waals surface area (Å²) in [5.41, 5.74) is 4.09. The van der Waals surface area contributed by atoms with Crippen LogP contribution in [0, 0.1) is 0 Å². The Balaban J connectivity index is 1.99. The molecule has 0 aliphatic carbocycles. The Hall–Kier alpha value is -2.42. The molecule has 0 amide bonds. The van der Waals surface area contributed by atoms with E-state index >= 15 is 0 Å². The molecule has 2 aromatic heterocycles. The van der Waals surface area contributed by atoms with E-state index in [2.05, 4.69) is 27.3 Å². The largest absolute Gasteiger partial charge is 0.277 e. The molecule has 0 aliphatic heterocycles. The predicted molar refractivity (Wildman–Crippen MR) is 67.3 cm³/mol. The third-order valence-corrected chi connectivity index (χ3v) is 2.62. The molecule has 17 heavy (non-hydrogen) atoms. The van der Waals surface area contributed by atoms with Crippen molar-refractivity contribution in [1.29, 1.82) is 0 Å². The van der Waals surface area contributed by atoms with Gasteiger partial charge >= 0.3 is 0 Å². The molecular formula is C14H11N3. The van der Waals surface area contributed by atoms with E-state index in [1.54, 1.807) is 6.20 Å². The van der Waals surface area contributed by atoms with Gasteiger partial charge in [-0.25, -0.2) is 0 Å². The SMILES string of the molecule is c1ccc(-c2cc(-c3cccnc3)n[nH]2)cc1. The third kappa shape index (κ3) is 1.95. The van der Waals surface area contributed by atoms with Crippen LogP contribution in [0.15, 0.2) is 60.9 Å². The molecule has 0 atom stereocenters. The van der Waals surface area contributed by atoms with Gasteiger partial charge in [0, 0.05) is 18.0 Å². The van der Waals surface area contributed by atoms with Crippen LogP contribution < -0.4 is 0 Å². The highest BCUT2D eigenvalue weighted by Gasteiger charge is 2.04. The zero-order valence-corrected chi connectivity index (χ0v) is 9.17. The van der Waals surface area contributed by atoms with E-state index in [1.807, 2.05) is 42.6 Å². The Morgan fingerprint density at radius 3 is 2.47 bits per heavy atom. The number of nitrogens with zero attached hydrogens (tertiary/aromatic N) is 2. The first-order valence-electron chi connectivity index (χ1n) is 5.45. The molecule has 0 aliphatic rings. The lowest BCUT2D eigenvalue weighted by Gasteiger charge is -1.94. The quantitative estimate of drug-likeness (QED) is 0.722. The molecule has 0 unspecified atom stereocenters. The van der Waals surface area contributed by atoms with Crippen LogP contribution in [0.4, 0.5) is 0 Å². The molecular weight excluding hydrogens is 210 g/mol. The molecule has 1 N–H and O–H groups in total. The lowest BCUT2D eigenvalue weighted by atomic mass is 10.1. The third-order valence-electron chi connectivity index (χ3n) is 2.62. The number of aromatic amines is 1. The second-order valence-electron chi connectivity index (χ2n) is 3.77. The van der Waals surface area contributed by atoms with Crippen molar-refractivity contribution in [2.75, 3.05) is 0 Å². The van der Waals surface area contributed by atoms with Gasteiger partial charge in [0.15, 0.2) is 0 Å². The maximum Gasteiger partial charge on any atom is 0.0942 e. The fourth-order valence-electron chi connectivity index (χ4n) is 1.75. The fourth-order valence-corrected chi connectivity index (χ4v) is 1.75. The molecule has 0 radical (unpaired) electrons. The van der Waals surface area contributed by atoms with Crippen molar-refractivity contribution >= 4 is 0 Å². The first kappa shape index (κ1) is 9.78. The number of pyridine rings is 1. The molecule has 3 nitrogen and oxygen atoms in total. The number of H-pyrrole nitrogens is 1. The first-order chi connectivity index (χ1) is 8.43. The van der Waals surface area contributed by atoms with Gasteiger partial charge in [0.2, 0.25) is 0 Å². The topological polar surface area (TPSA) is 41.6 Å². The van der Waals surface area contributed by atoms with E-state index < -0.39 is 0 Å². The number of rotatable bonds is 2. The van der Waals surface area contributed by atoms with Crippen LogP contribution in [0.3, 0.4) is 0 Å². The van der Waals surface area contributed by atoms with Crippen molar-refractivity contribution in [3.8, 4) is 22.5 Å². The second-order valence-corrected chi connectivity index (χ2v) is 3.77. The Morgan fingerprint density at radius 1 is 0.882 bits per heavy atom. The minimum Gasteiger partial charge on any atom is -0.277 e. The van der Waals surface area contributed by atoms with Gasteiger partial charge in [-0.05, 0) is 23.8 Å². The van der Waals surface area contributed by atoms with Crippen molar-refractivity contribution in [3.05, 3.63) is 60.9 Å².